The number of nitrogens with zero attached hydrogens (tertiary/aromatic N) is 3. The van der Waals surface area contributed by atoms with E-state index in [0.717, 1.165) is 37.8 Å². The third-order valence-electron chi connectivity index (χ3n) is 6.89. The minimum Gasteiger partial charge on any atom is -0.372 e. The molecule has 1 aromatic carbocycles. The molecule has 8 nitrogen and oxygen atoms in total. The first-order valence-corrected chi connectivity index (χ1v) is 12.9. The van der Waals surface area contributed by atoms with Crippen LogP contribution in [0.4, 0.5) is 19.0 Å². The Morgan fingerprint density at radius 1 is 1.11 bits per heavy atom. The Bertz CT molecular complexity index is 1100. The molecule has 11 heteroatoms. The van der Waals surface area contributed by atoms with E-state index in [1.54, 1.807) is 0 Å². The second kappa shape index (κ2) is 11.1. The van der Waals surface area contributed by atoms with E-state index >= 15 is 0 Å². The molecular formula is C26H37F3N6O2. The third kappa shape index (κ3) is 6.88. The van der Waals surface area contributed by atoms with Gasteiger partial charge in [-0.05, 0) is 71.1 Å². The molecule has 2 aliphatic rings. The number of hydrogen-bond donors (Lipinski definition) is 3. The highest BCUT2D eigenvalue weighted by molar-refractivity contribution is 5.93. The van der Waals surface area contributed by atoms with Crippen molar-refractivity contribution in [3.05, 3.63) is 29.6 Å². The first-order valence-electron chi connectivity index (χ1n) is 12.9. The highest BCUT2D eigenvalue weighted by atomic mass is 19.4. The number of nitrogens with two attached hydrogens (primary N) is 1. The van der Waals surface area contributed by atoms with E-state index in [1.165, 1.54) is 6.07 Å². The van der Waals surface area contributed by atoms with Crippen molar-refractivity contribution in [1.29, 1.82) is 0 Å². The van der Waals surface area contributed by atoms with Gasteiger partial charge in [0, 0.05) is 36.1 Å². The van der Waals surface area contributed by atoms with Gasteiger partial charge in [0.2, 0.25) is 5.91 Å². The Kier molecular flexibility index (Phi) is 8.25. The van der Waals surface area contributed by atoms with E-state index < -0.39 is 17.8 Å². The number of aromatic nitrogens is 2. The molecule has 1 unspecified atom stereocenters. The van der Waals surface area contributed by atoms with Crippen molar-refractivity contribution >= 4 is 22.6 Å². The van der Waals surface area contributed by atoms with Crippen LogP contribution in [-0.2, 0) is 22.3 Å². The zero-order valence-corrected chi connectivity index (χ0v) is 21.7. The van der Waals surface area contributed by atoms with Crippen molar-refractivity contribution in [2.75, 3.05) is 25.0 Å². The summed E-state index contributed by atoms with van der Waals surface area (Å²) in [4.78, 5) is 24.1. The Balaban J connectivity index is 1.50. The number of benzene rings is 1. The number of nitrogens with one attached hydrogen (secondary N) is 2. The molecule has 1 aliphatic heterocycles. The molecule has 1 amide bonds. The predicted octanol–water partition coefficient (Wildman–Crippen LogP) is 3.84. The van der Waals surface area contributed by atoms with Gasteiger partial charge in [-0.3, -0.25) is 4.79 Å². The van der Waals surface area contributed by atoms with Crippen molar-refractivity contribution in [2.24, 2.45) is 5.73 Å². The van der Waals surface area contributed by atoms with Crippen molar-refractivity contribution in [3.63, 3.8) is 0 Å². The second-order valence-corrected chi connectivity index (χ2v) is 11.0. The molecule has 2 heterocycles. The van der Waals surface area contributed by atoms with E-state index in [1.807, 2.05) is 4.90 Å². The fourth-order valence-electron chi connectivity index (χ4n) is 5.28. The maximum Gasteiger partial charge on any atom is 0.416 e. The summed E-state index contributed by atoms with van der Waals surface area (Å²) in [5, 5.41) is 7.02. The Labute approximate surface area is 215 Å². The van der Waals surface area contributed by atoms with Gasteiger partial charge in [-0.1, -0.05) is 0 Å². The summed E-state index contributed by atoms with van der Waals surface area (Å²) in [7, 11) is 0. The van der Waals surface area contributed by atoms with Crippen LogP contribution in [-0.4, -0.2) is 64.1 Å². The van der Waals surface area contributed by atoms with E-state index in [2.05, 4.69) is 41.4 Å². The Morgan fingerprint density at radius 2 is 1.84 bits per heavy atom. The molecule has 4 rings (SSSR count). The number of fused-ring (bicyclic) bond motifs is 1. The Morgan fingerprint density at radius 3 is 2.49 bits per heavy atom. The van der Waals surface area contributed by atoms with Crippen LogP contribution in [0.5, 0.6) is 0 Å². The smallest absolute Gasteiger partial charge is 0.372 e. The molecule has 0 radical (unpaired) electrons. The number of amides is 1. The van der Waals surface area contributed by atoms with Crippen LogP contribution in [0.15, 0.2) is 18.2 Å². The Hall–Kier alpha value is -2.50. The van der Waals surface area contributed by atoms with E-state index in [9.17, 15) is 18.0 Å². The molecule has 0 bridgehead atoms. The topological polar surface area (TPSA) is 105 Å². The standard InChI is InChI=1S/C26H37F3N6O2/c1-25(2,3)34-17-5-7-18(8-6-17)35-12-10-21(24(35)36)32-23-19-14-16(26(27,28)29)4-9-20(19)31-22(33-23)15-37-13-11-30/h4,9,14,17-18,21,34H,5-8,10-13,15,30H2,1-3H3,(H,31,32,33). The summed E-state index contributed by atoms with van der Waals surface area (Å²) >= 11 is 0. The summed E-state index contributed by atoms with van der Waals surface area (Å²) in [6, 6.07) is 3.41. The maximum atomic E-state index is 13.4. The number of likely N-dealkylation sites (tertiary alicyclic amines) is 1. The van der Waals surface area contributed by atoms with Gasteiger partial charge in [0.25, 0.3) is 0 Å². The molecule has 1 aromatic heterocycles. The lowest BCUT2D eigenvalue weighted by atomic mass is 9.89. The van der Waals surface area contributed by atoms with Crippen LogP contribution in [0, 0.1) is 0 Å². The van der Waals surface area contributed by atoms with Gasteiger partial charge in [-0.2, -0.15) is 13.2 Å². The van der Waals surface area contributed by atoms with Gasteiger partial charge in [-0.25, -0.2) is 9.97 Å². The molecular weight excluding hydrogens is 485 g/mol. The lowest BCUT2D eigenvalue weighted by Crippen LogP contribution is -2.49. The van der Waals surface area contributed by atoms with Gasteiger partial charge >= 0.3 is 6.18 Å². The highest BCUT2D eigenvalue weighted by Gasteiger charge is 2.38. The first kappa shape index (κ1) is 27.5. The minimum atomic E-state index is -4.50. The second-order valence-electron chi connectivity index (χ2n) is 11.0. The summed E-state index contributed by atoms with van der Waals surface area (Å²) < 4.78 is 45.7. The summed E-state index contributed by atoms with van der Waals surface area (Å²) in [6.45, 7) is 7.78. The monoisotopic (exact) mass is 522 g/mol. The number of anilines is 1. The molecule has 1 aliphatic carbocycles. The fraction of sp³-hybridized carbons (Fsp3) is 0.654. The predicted molar refractivity (Wildman–Crippen MR) is 136 cm³/mol. The van der Waals surface area contributed by atoms with Crippen LogP contribution < -0.4 is 16.4 Å². The normalized spacial score (nSPS) is 23.2. The number of carbonyl (C=O) groups is 1. The number of carbonyl (C=O) groups excluding carboxylic acids is 1. The summed E-state index contributed by atoms with van der Waals surface area (Å²) in [5.74, 6) is 0.489. The van der Waals surface area contributed by atoms with Crippen molar-refractivity contribution in [3.8, 4) is 0 Å². The van der Waals surface area contributed by atoms with Crippen molar-refractivity contribution < 1.29 is 22.7 Å². The number of alkyl halides is 3. The fourth-order valence-corrected chi connectivity index (χ4v) is 5.28. The lowest BCUT2D eigenvalue weighted by Gasteiger charge is -2.37. The quantitative estimate of drug-likeness (QED) is 0.453. The molecule has 1 atom stereocenters. The number of halogens is 3. The van der Waals surface area contributed by atoms with Crippen LogP contribution >= 0.6 is 0 Å². The third-order valence-corrected chi connectivity index (χ3v) is 6.89. The largest absolute Gasteiger partial charge is 0.416 e. The maximum absolute atomic E-state index is 13.4. The lowest BCUT2D eigenvalue weighted by molar-refractivity contribution is -0.137. The minimum absolute atomic E-state index is 0.0353. The molecule has 2 fully saturated rings. The number of rotatable bonds is 8. The zero-order chi connectivity index (χ0) is 26.8. The van der Waals surface area contributed by atoms with Gasteiger partial charge < -0.3 is 26.0 Å². The molecule has 4 N–H and O–H groups in total. The van der Waals surface area contributed by atoms with E-state index in [-0.39, 0.29) is 35.3 Å². The zero-order valence-electron chi connectivity index (χ0n) is 21.7. The van der Waals surface area contributed by atoms with Crippen molar-refractivity contribution in [1.82, 2.24) is 20.2 Å². The summed E-state index contributed by atoms with van der Waals surface area (Å²) in [6.07, 6.45) is -0.0720. The first-order chi connectivity index (χ1) is 17.4. The number of hydrogen-bond acceptors (Lipinski definition) is 7. The molecule has 204 valence electrons. The van der Waals surface area contributed by atoms with Crippen LogP contribution in [0.1, 0.15) is 64.3 Å². The molecule has 1 saturated heterocycles. The summed E-state index contributed by atoms with van der Waals surface area (Å²) in [5.41, 5.74) is 5.08. The average molecular weight is 523 g/mol. The van der Waals surface area contributed by atoms with Crippen molar-refractivity contribution in [2.45, 2.75) is 89.3 Å². The van der Waals surface area contributed by atoms with Gasteiger partial charge in [0.1, 0.15) is 18.5 Å². The van der Waals surface area contributed by atoms with Gasteiger partial charge in [0.15, 0.2) is 5.82 Å². The molecule has 0 spiro atoms. The van der Waals surface area contributed by atoms with Crippen LogP contribution in [0.3, 0.4) is 0 Å². The number of ether oxygens (including phenoxy) is 1. The molecule has 37 heavy (non-hydrogen) atoms. The average Bonchev–Trinajstić information content (AvgIpc) is 3.18. The molecule has 2 aromatic rings. The SMILES string of the molecule is CC(C)(C)NC1CCC(N2CCC(Nc3nc(COCCN)nc4ccc(C(F)(F)F)cc34)C2=O)CC1. The van der Waals surface area contributed by atoms with E-state index in [0.29, 0.717) is 43.5 Å². The van der Waals surface area contributed by atoms with Gasteiger partial charge in [0.05, 0.1) is 17.7 Å². The highest BCUT2D eigenvalue weighted by Crippen LogP contribution is 2.34. The van der Waals surface area contributed by atoms with E-state index in [4.69, 9.17) is 10.5 Å². The van der Waals surface area contributed by atoms with Crippen LogP contribution in [0.2, 0.25) is 0 Å². The van der Waals surface area contributed by atoms with Gasteiger partial charge in [-0.15, -0.1) is 0 Å². The van der Waals surface area contributed by atoms with Crippen LogP contribution in [0.25, 0.3) is 10.9 Å². The molecule has 1 saturated carbocycles.